The number of amides is 1. The quantitative estimate of drug-likeness (QED) is 0.188. The average Bonchev–Trinajstić information content (AvgIpc) is 3.57. The number of hydrogen-bond acceptors (Lipinski definition) is 10. The number of carbonyl (C=O) groups is 2. The van der Waals surface area contributed by atoms with E-state index in [1.54, 1.807) is 6.92 Å². The zero-order chi connectivity index (χ0) is 36.5. The summed E-state index contributed by atoms with van der Waals surface area (Å²) in [6, 6.07) is 4.48. The molecule has 3 N–H and O–H groups in total. The molecule has 4 heterocycles. The van der Waals surface area contributed by atoms with E-state index in [4.69, 9.17) is 18.9 Å². The minimum absolute atomic E-state index is 0.0107. The fraction of sp³-hybridized carbons (Fsp3) is 0.405. The number of fused-ring (bicyclic) bond motifs is 9. The Morgan fingerprint density at radius 3 is 2.53 bits per heavy atom. The van der Waals surface area contributed by atoms with E-state index in [0.29, 0.717) is 51.7 Å². The van der Waals surface area contributed by atoms with E-state index in [2.05, 4.69) is 5.32 Å². The topological polar surface area (TPSA) is 130 Å². The predicted molar refractivity (Wildman–Crippen MR) is 178 cm³/mol. The van der Waals surface area contributed by atoms with Gasteiger partial charge in [0.2, 0.25) is 12.7 Å². The molecule has 0 aromatic heterocycles. The number of hydrogen-bond donors (Lipinski definition) is 3. The monoisotopic (exact) mass is 709 g/mol. The van der Waals surface area contributed by atoms with E-state index in [1.807, 2.05) is 29.8 Å². The van der Waals surface area contributed by atoms with Crippen LogP contribution in [0.5, 0.6) is 28.7 Å². The van der Waals surface area contributed by atoms with Crippen molar-refractivity contribution in [1.82, 2.24) is 15.1 Å². The van der Waals surface area contributed by atoms with Crippen LogP contribution in [-0.4, -0.2) is 77.7 Å². The van der Waals surface area contributed by atoms with Crippen molar-refractivity contribution >= 4 is 18.0 Å². The number of esters is 1. The summed E-state index contributed by atoms with van der Waals surface area (Å²) in [6.45, 7) is 4.76. The number of ether oxygens (including phenoxy) is 4. The number of halogens is 3. The van der Waals surface area contributed by atoms with Gasteiger partial charge in [0.1, 0.15) is 12.0 Å². The predicted octanol–water partition coefficient (Wildman–Crippen LogP) is 4.72. The van der Waals surface area contributed by atoms with Crippen molar-refractivity contribution in [2.24, 2.45) is 0 Å². The maximum Gasteiger partial charge on any atom is 0.416 e. The van der Waals surface area contributed by atoms with Crippen LogP contribution in [0.2, 0.25) is 0 Å². The smallest absolute Gasteiger partial charge is 0.416 e. The van der Waals surface area contributed by atoms with Crippen molar-refractivity contribution in [2.45, 2.75) is 70.2 Å². The molecule has 14 heteroatoms. The first-order valence-electron chi connectivity index (χ1n) is 16.5. The Hall–Kier alpha value is -4.79. The molecule has 3 aromatic carbocycles. The number of benzene rings is 3. The highest BCUT2D eigenvalue weighted by Gasteiger charge is 2.56. The Bertz CT molecular complexity index is 1960. The Labute approximate surface area is 292 Å². The number of nitrogens with one attached hydrogen (secondary N) is 1. The number of aliphatic hydroxyl groups is 1. The number of likely N-dealkylation sites (N-methyl/N-ethyl adjacent to an activating group) is 1. The van der Waals surface area contributed by atoms with Crippen molar-refractivity contribution in [3.05, 3.63) is 80.9 Å². The van der Waals surface area contributed by atoms with Crippen LogP contribution >= 0.6 is 0 Å². The van der Waals surface area contributed by atoms with Crippen molar-refractivity contribution in [2.75, 3.05) is 27.5 Å². The van der Waals surface area contributed by atoms with Crippen molar-refractivity contribution in [3.8, 4) is 28.7 Å². The Morgan fingerprint density at radius 2 is 1.82 bits per heavy atom. The van der Waals surface area contributed by atoms with E-state index >= 15 is 0 Å². The minimum atomic E-state index is -4.53. The standard InChI is InChI=1S/C37H38F3N3O8/c1-17-11-21-13-25-36(47)43-24(30(42(25)4)28(21)31(46)32(17)48-5)14-23-29(35-34(49-16-50-35)18(2)33(23)51-19(3)44)26(43)15-41-27(45)10-9-20-7-6-8-22(12-20)37(38,39)40/h6-12,24-26,30,36,46-47H,13-16H2,1-5H3,(H,41,45)/t24?,25-,26-,30?,36-/m0/s1. The third-order valence-corrected chi connectivity index (χ3v) is 10.5. The van der Waals surface area contributed by atoms with E-state index in [0.717, 1.165) is 29.3 Å². The van der Waals surface area contributed by atoms with Gasteiger partial charge in [-0.15, -0.1) is 0 Å². The van der Waals surface area contributed by atoms with Crippen LogP contribution in [0.1, 0.15) is 63.5 Å². The number of nitrogens with zero attached hydrogens (tertiary/aromatic N) is 2. The van der Waals surface area contributed by atoms with E-state index in [9.17, 15) is 33.0 Å². The Morgan fingerprint density at radius 1 is 1.08 bits per heavy atom. The van der Waals surface area contributed by atoms with Crippen LogP contribution < -0.4 is 24.3 Å². The summed E-state index contributed by atoms with van der Waals surface area (Å²) in [5.74, 6) is 0.325. The molecule has 2 unspecified atom stereocenters. The molecule has 0 aliphatic carbocycles. The molecule has 3 aromatic rings. The van der Waals surface area contributed by atoms with Gasteiger partial charge in [-0.05, 0) is 68.6 Å². The van der Waals surface area contributed by atoms with Crippen molar-refractivity contribution in [3.63, 3.8) is 0 Å². The summed E-state index contributed by atoms with van der Waals surface area (Å²) < 4.78 is 63.1. The van der Waals surface area contributed by atoms with Gasteiger partial charge in [0, 0.05) is 47.8 Å². The highest BCUT2D eigenvalue weighted by molar-refractivity contribution is 5.91. The first-order chi connectivity index (χ1) is 24.2. The summed E-state index contributed by atoms with van der Waals surface area (Å²) in [7, 11) is 3.39. The van der Waals surface area contributed by atoms with Crippen LogP contribution in [0.4, 0.5) is 13.2 Å². The van der Waals surface area contributed by atoms with Crippen LogP contribution in [-0.2, 0) is 28.6 Å². The normalized spacial score (nSPS) is 23.7. The molecule has 11 nitrogen and oxygen atoms in total. The van der Waals surface area contributed by atoms with Gasteiger partial charge < -0.3 is 34.5 Å². The summed E-state index contributed by atoms with van der Waals surface area (Å²) in [4.78, 5) is 29.7. The highest BCUT2D eigenvalue weighted by atomic mass is 19.4. The number of aliphatic hydroxyl groups excluding tert-OH is 1. The molecule has 1 fully saturated rings. The molecule has 0 radical (unpaired) electrons. The molecule has 1 saturated heterocycles. The van der Waals surface area contributed by atoms with E-state index in [1.165, 1.54) is 32.2 Å². The average molecular weight is 710 g/mol. The zero-order valence-electron chi connectivity index (χ0n) is 28.6. The second-order valence-corrected chi connectivity index (χ2v) is 13.4. The summed E-state index contributed by atoms with van der Waals surface area (Å²) in [6.07, 6.45) is -2.46. The van der Waals surface area contributed by atoms with Gasteiger partial charge in [0.15, 0.2) is 23.0 Å². The summed E-state index contributed by atoms with van der Waals surface area (Å²) >= 11 is 0. The van der Waals surface area contributed by atoms with Crippen LogP contribution in [0.25, 0.3) is 6.08 Å². The number of methoxy groups -OCH3 is 1. The molecule has 5 atom stereocenters. The van der Waals surface area contributed by atoms with Gasteiger partial charge in [0.25, 0.3) is 0 Å². The maximum absolute atomic E-state index is 13.3. The SMILES string of the molecule is COc1c(C)cc2c(c1O)C1C3Cc4c(OC(C)=O)c(C)c5c(c4[C@H](CNC(=O)C=Cc4cccc(C(F)(F)F)c4)N3[C@@H](O)[C@H](C2)N1C)OCO5. The number of phenolic OH excluding ortho intramolecular Hbond substituents is 1. The number of aryl methyl sites for hydroxylation is 1. The molecule has 0 spiro atoms. The Kier molecular flexibility index (Phi) is 8.67. The molecule has 270 valence electrons. The number of piperazine rings is 1. The first-order valence-corrected chi connectivity index (χ1v) is 16.5. The lowest BCUT2D eigenvalue weighted by Gasteiger charge is -2.60. The van der Waals surface area contributed by atoms with Gasteiger partial charge >= 0.3 is 12.1 Å². The third kappa shape index (κ3) is 5.75. The van der Waals surface area contributed by atoms with Crippen LogP contribution in [0, 0.1) is 13.8 Å². The Balaban J connectivity index is 1.33. The van der Waals surface area contributed by atoms with Gasteiger partial charge in [0.05, 0.1) is 30.8 Å². The largest absolute Gasteiger partial charge is 0.504 e. The lowest BCUT2D eigenvalue weighted by atomic mass is 9.73. The number of rotatable bonds is 6. The zero-order valence-corrected chi connectivity index (χ0v) is 28.6. The molecular formula is C37H38F3N3O8. The van der Waals surface area contributed by atoms with Gasteiger partial charge in [-0.1, -0.05) is 18.2 Å². The molecule has 4 aliphatic rings. The fourth-order valence-corrected chi connectivity index (χ4v) is 8.37. The number of carbonyl (C=O) groups excluding carboxylic acids is 2. The van der Waals surface area contributed by atoms with Crippen LogP contribution in [0.3, 0.4) is 0 Å². The lowest BCUT2D eigenvalue weighted by Crippen LogP contribution is -2.69. The van der Waals surface area contributed by atoms with Crippen molar-refractivity contribution in [1.29, 1.82) is 0 Å². The van der Waals surface area contributed by atoms with Gasteiger partial charge in [-0.3, -0.25) is 19.4 Å². The van der Waals surface area contributed by atoms with Crippen molar-refractivity contribution < 1.29 is 51.9 Å². The number of phenols is 1. The molecule has 51 heavy (non-hydrogen) atoms. The van der Waals surface area contributed by atoms with Gasteiger partial charge in [-0.2, -0.15) is 13.2 Å². The molecular weight excluding hydrogens is 671 g/mol. The third-order valence-electron chi connectivity index (χ3n) is 10.5. The minimum Gasteiger partial charge on any atom is -0.504 e. The first kappa shape index (κ1) is 34.6. The lowest BCUT2D eigenvalue weighted by molar-refractivity contribution is -0.172. The van der Waals surface area contributed by atoms with E-state index < -0.39 is 54.0 Å². The molecule has 0 saturated carbocycles. The van der Waals surface area contributed by atoms with E-state index in [-0.39, 0.29) is 31.1 Å². The second kappa shape index (κ2) is 12.8. The fourth-order valence-electron chi connectivity index (χ4n) is 8.37. The number of alkyl halides is 3. The molecule has 4 aliphatic heterocycles. The maximum atomic E-state index is 13.3. The number of aromatic hydroxyl groups is 1. The molecule has 2 bridgehead atoms. The second-order valence-electron chi connectivity index (χ2n) is 13.4. The molecule has 7 rings (SSSR count). The van der Waals surface area contributed by atoms with Crippen LogP contribution in [0.15, 0.2) is 36.4 Å². The summed E-state index contributed by atoms with van der Waals surface area (Å²) in [5.41, 5.74) is 3.45. The molecule has 1 amide bonds. The highest BCUT2D eigenvalue weighted by Crippen LogP contribution is 2.58. The van der Waals surface area contributed by atoms with Gasteiger partial charge in [-0.25, -0.2) is 0 Å². The summed E-state index contributed by atoms with van der Waals surface area (Å²) in [5, 5.41) is 26.7.